The van der Waals surface area contributed by atoms with Crippen molar-refractivity contribution in [1.29, 1.82) is 0 Å². The second kappa shape index (κ2) is 7.98. The summed E-state index contributed by atoms with van der Waals surface area (Å²) in [4.78, 5) is 12.3. The number of rotatable bonds is 5. The first-order valence-corrected chi connectivity index (χ1v) is 14.2. The van der Waals surface area contributed by atoms with Crippen molar-refractivity contribution in [2.24, 2.45) is 40.4 Å². The topological polar surface area (TPSA) is 144 Å². The Bertz CT molecular complexity index is 977. The lowest BCUT2D eigenvalue weighted by Crippen LogP contribution is -2.59. The lowest BCUT2D eigenvalue weighted by Gasteiger charge is -2.62. The highest BCUT2D eigenvalue weighted by Crippen LogP contribution is 2.68. The van der Waals surface area contributed by atoms with E-state index in [2.05, 4.69) is 13.8 Å². The fourth-order valence-corrected chi connectivity index (χ4v) is 9.47. The summed E-state index contributed by atoms with van der Waals surface area (Å²) in [5, 5.41) is 0. The molecule has 0 aromatic carbocycles. The van der Waals surface area contributed by atoms with E-state index in [4.69, 9.17) is 12.9 Å². The Hall–Kier alpha value is -0.590. The van der Waals surface area contributed by atoms with Crippen molar-refractivity contribution < 1.29 is 39.1 Å². The maximum Gasteiger partial charge on any atom is 0.397 e. The van der Waals surface area contributed by atoms with Crippen molar-refractivity contribution in [1.82, 2.24) is 0 Å². The zero-order valence-corrected chi connectivity index (χ0v) is 20.4. The molecule has 0 aromatic rings. The van der Waals surface area contributed by atoms with Crippen LogP contribution in [0, 0.1) is 40.4 Å². The highest BCUT2D eigenvalue weighted by atomic mass is 32.3. The number of carbonyl (C=O) groups is 1. The quantitative estimate of drug-likeness (QED) is 0.550. The maximum atomic E-state index is 12.3. The van der Waals surface area contributed by atoms with Gasteiger partial charge in [0, 0.05) is 5.92 Å². The number of Topliss-reactive ketones (excluding diaryl/α,β-unsaturated/α-hetero) is 1. The number of carbonyl (C=O) groups excluding carboxylic acids is 1. The van der Waals surface area contributed by atoms with Crippen LogP contribution < -0.4 is 0 Å². The molecular weight excluding hydrogens is 460 g/mol. The molecule has 0 amide bonds. The number of ketones is 1. The molecule has 0 saturated heterocycles. The minimum absolute atomic E-state index is 0.0128. The second-order valence-corrected chi connectivity index (χ2v) is 13.1. The molecule has 0 bridgehead atoms. The summed E-state index contributed by atoms with van der Waals surface area (Å²) in [6, 6.07) is 0. The van der Waals surface area contributed by atoms with Gasteiger partial charge in [-0.1, -0.05) is 13.8 Å². The van der Waals surface area contributed by atoms with Gasteiger partial charge in [0.05, 0.1) is 12.2 Å². The molecule has 4 fully saturated rings. The summed E-state index contributed by atoms with van der Waals surface area (Å²) in [5.41, 5.74) is -0.447. The van der Waals surface area contributed by atoms with E-state index in [0.717, 1.165) is 25.7 Å². The van der Waals surface area contributed by atoms with Gasteiger partial charge in [-0.3, -0.25) is 13.9 Å². The van der Waals surface area contributed by atoms with Gasteiger partial charge in [-0.05, 0) is 92.8 Å². The lowest BCUT2D eigenvalue weighted by atomic mass is 9.44. The van der Waals surface area contributed by atoms with Gasteiger partial charge < -0.3 is 0 Å². The van der Waals surface area contributed by atoms with Gasteiger partial charge >= 0.3 is 20.8 Å². The fourth-order valence-electron chi connectivity index (χ4n) is 8.42. The molecule has 9 atom stereocenters. The van der Waals surface area contributed by atoms with Gasteiger partial charge in [0.15, 0.2) is 0 Å². The minimum atomic E-state index is -4.72. The Balaban J connectivity index is 1.67. The van der Waals surface area contributed by atoms with E-state index in [0.29, 0.717) is 19.3 Å². The molecule has 0 unspecified atom stereocenters. The van der Waals surface area contributed by atoms with Crippen LogP contribution in [0.25, 0.3) is 0 Å². The van der Waals surface area contributed by atoms with Crippen LogP contribution in [-0.4, -0.2) is 43.9 Å². The van der Waals surface area contributed by atoms with Crippen LogP contribution in [0.5, 0.6) is 0 Å². The lowest BCUT2D eigenvalue weighted by molar-refractivity contribution is -0.164. The summed E-state index contributed by atoms with van der Waals surface area (Å²) in [7, 11) is -9.35. The van der Waals surface area contributed by atoms with Gasteiger partial charge in [-0.25, -0.2) is 8.37 Å². The van der Waals surface area contributed by atoms with E-state index < -0.39 is 33.0 Å². The first-order chi connectivity index (χ1) is 14.6. The standard InChI is InChI=1S/C21H34O9S2/c1-12(22)15-4-5-16-14-11-19(30-32(26,27)28)18-10-13(29-31(23,24)25)6-8-21(18,3)17(14)7-9-20(15,16)2/h13-19H,4-11H2,1-3H3,(H,23,24,25)(H,26,27,28)/t13-,14-,15+,16-,17-,18+,19-,20+,21+/m0/s1. The van der Waals surface area contributed by atoms with Crippen LogP contribution in [0.3, 0.4) is 0 Å². The van der Waals surface area contributed by atoms with Crippen molar-refractivity contribution in [3.63, 3.8) is 0 Å². The third-order valence-electron chi connectivity index (χ3n) is 9.60. The Morgan fingerprint density at radius 3 is 2.00 bits per heavy atom. The van der Waals surface area contributed by atoms with E-state index in [1.165, 1.54) is 0 Å². The monoisotopic (exact) mass is 494 g/mol. The summed E-state index contributed by atoms with van der Waals surface area (Å²) in [5.74, 6) is 0.586. The molecule has 184 valence electrons. The first kappa shape index (κ1) is 24.5. The van der Waals surface area contributed by atoms with Crippen LogP contribution in [0.2, 0.25) is 0 Å². The van der Waals surface area contributed by atoms with E-state index in [9.17, 15) is 26.2 Å². The Morgan fingerprint density at radius 1 is 0.812 bits per heavy atom. The Kier molecular flexibility index (Phi) is 6.12. The average Bonchev–Trinajstić information content (AvgIpc) is 2.98. The fraction of sp³-hybridized carbons (Fsp3) is 0.952. The zero-order valence-electron chi connectivity index (χ0n) is 18.8. The maximum absolute atomic E-state index is 12.3. The molecule has 2 N–H and O–H groups in total. The van der Waals surface area contributed by atoms with Crippen molar-refractivity contribution >= 4 is 26.6 Å². The van der Waals surface area contributed by atoms with E-state index in [1.54, 1.807) is 6.92 Å². The number of hydrogen-bond acceptors (Lipinski definition) is 7. The van der Waals surface area contributed by atoms with Gasteiger partial charge in [0.2, 0.25) is 0 Å². The molecule has 0 radical (unpaired) electrons. The molecule has 0 spiro atoms. The van der Waals surface area contributed by atoms with Crippen molar-refractivity contribution in [2.75, 3.05) is 0 Å². The average molecular weight is 495 g/mol. The van der Waals surface area contributed by atoms with Crippen LogP contribution >= 0.6 is 0 Å². The predicted molar refractivity (Wildman–Crippen MR) is 114 cm³/mol. The smallest absolute Gasteiger partial charge is 0.300 e. The molecular formula is C21H34O9S2. The van der Waals surface area contributed by atoms with Crippen LogP contribution in [0.1, 0.15) is 72.1 Å². The summed E-state index contributed by atoms with van der Waals surface area (Å²) in [6.45, 7) is 5.96. The molecule has 4 aliphatic rings. The third kappa shape index (κ3) is 4.29. The van der Waals surface area contributed by atoms with E-state index >= 15 is 0 Å². The Morgan fingerprint density at radius 2 is 1.41 bits per heavy atom. The normalized spacial score (nSPS) is 46.7. The van der Waals surface area contributed by atoms with Gasteiger partial charge in [-0.2, -0.15) is 16.8 Å². The number of hydrogen-bond donors (Lipinski definition) is 2. The summed E-state index contributed by atoms with van der Waals surface area (Å²) < 4.78 is 74.6. The molecule has 9 nitrogen and oxygen atoms in total. The minimum Gasteiger partial charge on any atom is -0.300 e. The zero-order chi connectivity index (χ0) is 23.7. The Labute approximate surface area is 190 Å². The molecule has 0 heterocycles. The summed E-state index contributed by atoms with van der Waals surface area (Å²) in [6.07, 6.45) is 3.68. The third-order valence-corrected chi connectivity index (χ3v) is 10.6. The second-order valence-electron chi connectivity index (χ2n) is 11.0. The summed E-state index contributed by atoms with van der Waals surface area (Å²) >= 11 is 0. The molecule has 11 heteroatoms. The SMILES string of the molecule is CC(=O)[C@H]1CC[C@H]2[C@@H]3C[C@H](OS(=O)(=O)O)[C@H]4C[C@@H](OS(=O)(=O)O)CC[C@]4(C)[C@H]3CC[C@]12C. The van der Waals surface area contributed by atoms with Gasteiger partial charge in [0.25, 0.3) is 0 Å². The van der Waals surface area contributed by atoms with E-state index in [-0.39, 0.29) is 52.6 Å². The largest absolute Gasteiger partial charge is 0.397 e. The molecule has 0 aliphatic heterocycles. The molecule has 4 rings (SSSR count). The van der Waals surface area contributed by atoms with Gasteiger partial charge in [-0.15, -0.1) is 0 Å². The molecule has 0 aromatic heterocycles. The van der Waals surface area contributed by atoms with E-state index in [1.807, 2.05) is 0 Å². The number of fused-ring (bicyclic) bond motifs is 5. The molecule has 32 heavy (non-hydrogen) atoms. The van der Waals surface area contributed by atoms with Crippen LogP contribution in [-0.2, 0) is 34.0 Å². The predicted octanol–water partition coefficient (Wildman–Crippen LogP) is 3.22. The van der Waals surface area contributed by atoms with Gasteiger partial charge in [0.1, 0.15) is 5.78 Å². The van der Waals surface area contributed by atoms with Crippen molar-refractivity contribution in [2.45, 2.75) is 84.3 Å². The highest BCUT2D eigenvalue weighted by molar-refractivity contribution is 7.81. The van der Waals surface area contributed by atoms with Crippen LogP contribution in [0.4, 0.5) is 0 Å². The first-order valence-electron chi connectivity index (χ1n) is 11.5. The van der Waals surface area contributed by atoms with Crippen LogP contribution in [0.15, 0.2) is 0 Å². The van der Waals surface area contributed by atoms with Crippen molar-refractivity contribution in [3.8, 4) is 0 Å². The molecule has 4 aliphatic carbocycles. The van der Waals surface area contributed by atoms with Crippen molar-refractivity contribution in [3.05, 3.63) is 0 Å². The highest BCUT2D eigenvalue weighted by Gasteiger charge is 2.63. The molecule has 4 saturated carbocycles.